The maximum absolute atomic E-state index is 2.44. The Morgan fingerprint density at radius 2 is 1.64 bits per heavy atom. The van der Waals surface area contributed by atoms with Crippen LogP contribution in [0.25, 0.3) is 33.2 Å². The van der Waals surface area contributed by atoms with Crippen molar-refractivity contribution in [1.29, 1.82) is 0 Å². The molecule has 3 aromatic carbocycles. The highest BCUT2D eigenvalue weighted by molar-refractivity contribution is 5.95. The summed E-state index contributed by atoms with van der Waals surface area (Å²) in [6, 6.07) is 25.1. The van der Waals surface area contributed by atoms with E-state index in [1.54, 1.807) is 0 Å². The maximum Gasteiger partial charge on any atom is 0.220 e. The second-order valence-electron chi connectivity index (χ2n) is 10.3. The number of nitrogens with zero attached hydrogens (tertiary/aromatic N) is 1. The fourth-order valence-electron chi connectivity index (χ4n) is 5.81. The number of rotatable bonds is 5. The lowest BCUT2D eigenvalue weighted by molar-refractivity contribution is -0.659. The van der Waals surface area contributed by atoms with Gasteiger partial charge in [-0.3, -0.25) is 0 Å². The first-order valence-corrected chi connectivity index (χ1v) is 12.6. The van der Waals surface area contributed by atoms with Gasteiger partial charge in [0.2, 0.25) is 5.69 Å². The molecular formula is C32H36N+. The summed E-state index contributed by atoms with van der Waals surface area (Å²) in [6.45, 7) is 6.91. The van der Waals surface area contributed by atoms with Crippen molar-refractivity contribution in [3.63, 3.8) is 0 Å². The highest BCUT2D eigenvalue weighted by Gasteiger charge is 2.22. The summed E-state index contributed by atoms with van der Waals surface area (Å²) in [5.41, 5.74) is 9.56. The minimum Gasteiger partial charge on any atom is -0.200 e. The minimum absolute atomic E-state index is 0.478. The third kappa shape index (κ3) is 4.34. The van der Waals surface area contributed by atoms with E-state index in [9.17, 15) is 0 Å². The summed E-state index contributed by atoms with van der Waals surface area (Å²) in [5.74, 6) is 1.35. The van der Waals surface area contributed by atoms with E-state index in [4.69, 9.17) is 0 Å². The molecule has 4 aromatic rings. The Balaban J connectivity index is 1.67. The average molecular weight is 435 g/mol. The lowest BCUT2D eigenvalue weighted by Crippen LogP contribution is -2.31. The zero-order chi connectivity index (χ0) is 22.9. The largest absolute Gasteiger partial charge is 0.220 e. The molecule has 1 aliphatic rings. The van der Waals surface area contributed by atoms with Gasteiger partial charge in [-0.15, -0.1) is 0 Å². The molecule has 0 amide bonds. The molecule has 1 heterocycles. The van der Waals surface area contributed by atoms with Gasteiger partial charge in [-0.25, -0.2) is 4.57 Å². The first kappa shape index (κ1) is 21.9. The molecule has 1 heteroatoms. The molecule has 1 aromatic heterocycles. The molecule has 0 radical (unpaired) electrons. The number of hydrogen-bond acceptors (Lipinski definition) is 0. The van der Waals surface area contributed by atoms with Crippen molar-refractivity contribution >= 4 is 10.8 Å². The van der Waals surface area contributed by atoms with Crippen molar-refractivity contribution in [1.82, 2.24) is 0 Å². The molecule has 1 fully saturated rings. The van der Waals surface area contributed by atoms with Gasteiger partial charge in [0.05, 0.1) is 10.9 Å². The normalized spacial score (nSPS) is 14.5. The Morgan fingerprint density at radius 3 is 2.36 bits per heavy atom. The van der Waals surface area contributed by atoms with E-state index < -0.39 is 0 Å². The maximum atomic E-state index is 2.44. The Bertz CT molecular complexity index is 1280. The molecule has 168 valence electrons. The van der Waals surface area contributed by atoms with Crippen molar-refractivity contribution in [2.75, 3.05) is 0 Å². The summed E-state index contributed by atoms with van der Waals surface area (Å²) >= 11 is 0. The SMILES string of the molecule is Cc1c(-c2c3ccc(CC4CCCC4)cc3cc[n+]2C)cc(-c2ccccc2)cc1C(C)C. The van der Waals surface area contributed by atoms with Crippen LogP contribution in [0.15, 0.2) is 72.9 Å². The second kappa shape index (κ2) is 9.14. The molecule has 1 saturated carbocycles. The molecular weight excluding hydrogens is 398 g/mol. The van der Waals surface area contributed by atoms with Crippen molar-refractivity contribution < 1.29 is 4.57 Å². The van der Waals surface area contributed by atoms with Gasteiger partial charge in [0.15, 0.2) is 6.20 Å². The predicted octanol–water partition coefficient (Wildman–Crippen LogP) is 8.16. The third-order valence-corrected chi connectivity index (χ3v) is 7.63. The van der Waals surface area contributed by atoms with Crippen molar-refractivity contribution in [3.05, 3.63) is 89.6 Å². The van der Waals surface area contributed by atoms with Gasteiger partial charge in [0, 0.05) is 6.07 Å². The molecule has 1 aliphatic carbocycles. The van der Waals surface area contributed by atoms with E-state index in [1.807, 2.05) is 0 Å². The van der Waals surface area contributed by atoms with Gasteiger partial charge in [-0.1, -0.05) is 88.1 Å². The molecule has 0 bridgehead atoms. The van der Waals surface area contributed by atoms with Gasteiger partial charge < -0.3 is 0 Å². The monoisotopic (exact) mass is 434 g/mol. The number of hydrogen-bond donors (Lipinski definition) is 0. The van der Waals surface area contributed by atoms with Crippen LogP contribution in [0.2, 0.25) is 0 Å². The topological polar surface area (TPSA) is 3.88 Å². The van der Waals surface area contributed by atoms with Crippen molar-refractivity contribution in [2.24, 2.45) is 13.0 Å². The van der Waals surface area contributed by atoms with Crippen molar-refractivity contribution in [2.45, 2.75) is 58.8 Å². The van der Waals surface area contributed by atoms with E-state index in [0.717, 1.165) is 5.92 Å². The number of fused-ring (bicyclic) bond motifs is 1. The molecule has 0 aliphatic heterocycles. The second-order valence-corrected chi connectivity index (χ2v) is 10.3. The zero-order valence-electron chi connectivity index (χ0n) is 20.6. The highest BCUT2D eigenvalue weighted by Crippen LogP contribution is 2.37. The van der Waals surface area contributed by atoms with Crippen LogP contribution in [0.3, 0.4) is 0 Å². The molecule has 0 saturated heterocycles. The summed E-state index contributed by atoms with van der Waals surface area (Å²) in [5, 5.41) is 2.70. The first-order chi connectivity index (χ1) is 16.0. The molecule has 5 rings (SSSR count). The van der Waals surface area contributed by atoms with Gasteiger partial charge in [-0.05, 0) is 70.5 Å². The Hall–Kier alpha value is -2.93. The fraction of sp³-hybridized carbons (Fsp3) is 0.344. The summed E-state index contributed by atoms with van der Waals surface area (Å²) < 4.78 is 2.31. The minimum atomic E-state index is 0.478. The van der Waals surface area contributed by atoms with Gasteiger partial charge >= 0.3 is 0 Å². The van der Waals surface area contributed by atoms with Gasteiger partial charge in [-0.2, -0.15) is 0 Å². The van der Waals surface area contributed by atoms with E-state index in [2.05, 4.69) is 105 Å². The van der Waals surface area contributed by atoms with Crippen LogP contribution in [0, 0.1) is 12.8 Å². The van der Waals surface area contributed by atoms with E-state index >= 15 is 0 Å². The van der Waals surface area contributed by atoms with Crippen LogP contribution in [-0.4, -0.2) is 0 Å². The fourth-order valence-corrected chi connectivity index (χ4v) is 5.81. The average Bonchev–Trinajstić information content (AvgIpc) is 3.33. The van der Waals surface area contributed by atoms with E-state index in [-0.39, 0.29) is 0 Å². The quantitative estimate of drug-likeness (QED) is 0.279. The third-order valence-electron chi connectivity index (χ3n) is 7.63. The number of aryl methyl sites for hydroxylation is 1. The molecule has 33 heavy (non-hydrogen) atoms. The number of aromatic nitrogens is 1. The zero-order valence-corrected chi connectivity index (χ0v) is 20.6. The smallest absolute Gasteiger partial charge is 0.200 e. The van der Waals surface area contributed by atoms with Crippen LogP contribution < -0.4 is 4.57 Å². The van der Waals surface area contributed by atoms with Crippen LogP contribution in [0.4, 0.5) is 0 Å². The molecule has 0 N–H and O–H groups in total. The lowest BCUT2D eigenvalue weighted by atomic mass is 9.87. The Morgan fingerprint density at radius 1 is 0.879 bits per heavy atom. The van der Waals surface area contributed by atoms with E-state index in [0.29, 0.717) is 5.92 Å². The number of pyridine rings is 1. The summed E-state index contributed by atoms with van der Waals surface area (Å²) in [6.07, 6.45) is 9.08. The molecule has 0 spiro atoms. The Kier molecular flexibility index (Phi) is 6.06. The Labute approximate surface area is 199 Å². The van der Waals surface area contributed by atoms with Crippen LogP contribution in [-0.2, 0) is 13.5 Å². The van der Waals surface area contributed by atoms with Gasteiger partial charge in [0.1, 0.15) is 7.05 Å². The van der Waals surface area contributed by atoms with E-state index in [1.165, 1.54) is 82.0 Å². The first-order valence-electron chi connectivity index (χ1n) is 12.6. The molecule has 1 nitrogen and oxygen atoms in total. The highest BCUT2D eigenvalue weighted by atomic mass is 14.9. The molecule has 0 atom stereocenters. The van der Waals surface area contributed by atoms with Crippen LogP contribution in [0.5, 0.6) is 0 Å². The summed E-state index contributed by atoms with van der Waals surface area (Å²) in [4.78, 5) is 0. The number of benzene rings is 3. The summed E-state index contributed by atoms with van der Waals surface area (Å²) in [7, 11) is 2.19. The molecule has 0 unspecified atom stereocenters. The van der Waals surface area contributed by atoms with Gasteiger partial charge in [0.25, 0.3) is 0 Å². The van der Waals surface area contributed by atoms with Crippen LogP contribution in [0.1, 0.15) is 62.1 Å². The van der Waals surface area contributed by atoms with Crippen molar-refractivity contribution in [3.8, 4) is 22.4 Å². The lowest BCUT2D eigenvalue weighted by Gasteiger charge is -2.17. The predicted molar refractivity (Wildman–Crippen MR) is 140 cm³/mol. The standard InChI is InChI=1S/C32H36N/c1-22(2)30-20-28(26-12-6-5-7-13-26)21-31(23(30)3)32-29-15-14-25(18-24-10-8-9-11-24)19-27(29)16-17-33(32)4/h5-7,12-17,19-22,24H,8-11,18H2,1-4H3/q+1. The van der Waals surface area contributed by atoms with Crippen LogP contribution >= 0.6 is 0 Å².